The highest BCUT2D eigenvalue weighted by molar-refractivity contribution is 6.04. The summed E-state index contributed by atoms with van der Waals surface area (Å²) in [4.78, 5) is 32.4. The highest BCUT2D eigenvalue weighted by Gasteiger charge is 2.16. The third-order valence-corrected chi connectivity index (χ3v) is 1.25. The Balaban J connectivity index is 4.27. The number of carbonyl (C=O) groups excluding carboxylic acids is 3. The van der Waals surface area contributed by atoms with Crippen LogP contribution in [0.1, 0.15) is 26.7 Å². The van der Waals surface area contributed by atoms with E-state index in [0.717, 1.165) is 0 Å². The number of rotatable bonds is 3. The van der Waals surface area contributed by atoms with Gasteiger partial charge in [0, 0.05) is 12.8 Å². The topological polar surface area (TPSA) is 54.5 Å². The summed E-state index contributed by atoms with van der Waals surface area (Å²) in [7, 11) is 0. The van der Waals surface area contributed by atoms with Gasteiger partial charge in [-0.05, 0) is 0 Å². The first-order chi connectivity index (χ1) is 5.17. The maximum atomic E-state index is 10.8. The first-order valence-corrected chi connectivity index (χ1v) is 3.47. The molecule has 0 aliphatic rings. The number of imide groups is 3. The zero-order valence-corrected chi connectivity index (χ0v) is 6.66. The predicted octanol–water partition coefficient (Wildman–Crippen LogP) is 0.318. The van der Waals surface area contributed by atoms with E-state index in [0.29, 0.717) is 4.90 Å². The van der Waals surface area contributed by atoms with Gasteiger partial charge in [-0.1, -0.05) is 13.8 Å². The molecule has 0 radical (unpaired) electrons. The number of hydrogen-bond donors (Lipinski definition) is 0. The van der Waals surface area contributed by atoms with Gasteiger partial charge >= 0.3 is 0 Å². The van der Waals surface area contributed by atoms with Gasteiger partial charge in [0.15, 0.2) is 0 Å². The first kappa shape index (κ1) is 9.81. The normalized spacial score (nSPS) is 8.91. The zero-order valence-electron chi connectivity index (χ0n) is 6.66. The molecule has 0 saturated carbocycles. The third kappa shape index (κ3) is 2.49. The zero-order chi connectivity index (χ0) is 8.85. The summed E-state index contributed by atoms with van der Waals surface area (Å²) in [5.41, 5.74) is 0. The van der Waals surface area contributed by atoms with E-state index < -0.39 is 11.8 Å². The van der Waals surface area contributed by atoms with Crippen LogP contribution in [-0.2, 0) is 14.4 Å². The lowest BCUT2D eigenvalue weighted by molar-refractivity contribution is -0.148. The summed E-state index contributed by atoms with van der Waals surface area (Å²) in [5.74, 6) is -0.904. The minimum atomic E-state index is -0.452. The molecule has 0 spiro atoms. The van der Waals surface area contributed by atoms with Gasteiger partial charge in [-0.3, -0.25) is 14.4 Å². The summed E-state index contributed by atoms with van der Waals surface area (Å²) in [5, 5.41) is 0. The van der Waals surface area contributed by atoms with Gasteiger partial charge in [-0.2, -0.15) is 0 Å². The van der Waals surface area contributed by atoms with Crippen molar-refractivity contribution in [3.8, 4) is 0 Å². The van der Waals surface area contributed by atoms with E-state index in [-0.39, 0.29) is 19.3 Å². The van der Waals surface area contributed by atoms with E-state index in [1.165, 1.54) is 0 Å². The van der Waals surface area contributed by atoms with Gasteiger partial charge in [-0.15, -0.1) is 0 Å². The standard InChI is InChI=1S/C7H11NO3/c1-3-6(10)8(5-9)7(11)4-2/h5H,3-4H2,1-2H3. The van der Waals surface area contributed by atoms with Gasteiger partial charge in [0.2, 0.25) is 18.2 Å². The third-order valence-electron chi connectivity index (χ3n) is 1.25. The molecule has 0 aliphatic heterocycles. The molecule has 0 heterocycles. The maximum absolute atomic E-state index is 10.8. The Hall–Kier alpha value is -1.19. The van der Waals surface area contributed by atoms with Crippen LogP contribution in [0.3, 0.4) is 0 Å². The molecule has 0 rings (SSSR count). The lowest BCUT2D eigenvalue weighted by atomic mass is 10.3. The van der Waals surface area contributed by atoms with Crippen LogP contribution in [0, 0.1) is 0 Å². The van der Waals surface area contributed by atoms with Crippen LogP contribution in [0.25, 0.3) is 0 Å². The summed E-state index contributed by atoms with van der Waals surface area (Å²) < 4.78 is 0. The minimum Gasteiger partial charge on any atom is -0.278 e. The highest BCUT2D eigenvalue weighted by atomic mass is 16.2. The van der Waals surface area contributed by atoms with Crippen molar-refractivity contribution in [1.82, 2.24) is 4.90 Å². The van der Waals surface area contributed by atoms with Crippen molar-refractivity contribution in [3.63, 3.8) is 0 Å². The molecule has 0 saturated heterocycles. The lowest BCUT2D eigenvalue weighted by Gasteiger charge is -2.10. The van der Waals surface area contributed by atoms with Crippen molar-refractivity contribution in [2.45, 2.75) is 26.7 Å². The van der Waals surface area contributed by atoms with E-state index in [1.807, 2.05) is 0 Å². The van der Waals surface area contributed by atoms with Gasteiger partial charge in [-0.25, -0.2) is 4.90 Å². The number of amides is 3. The summed E-state index contributed by atoms with van der Waals surface area (Å²) in [6, 6.07) is 0. The van der Waals surface area contributed by atoms with Crippen molar-refractivity contribution in [1.29, 1.82) is 0 Å². The van der Waals surface area contributed by atoms with Crippen molar-refractivity contribution in [3.05, 3.63) is 0 Å². The van der Waals surface area contributed by atoms with Gasteiger partial charge in [0.1, 0.15) is 0 Å². The van der Waals surface area contributed by atoms with Crippen LogP contribution in [0.2, 0.25) is 0 Å². The second-order valence-corrected chi connectivity index (χ2v) is 1.97. The minimum absolute atomic E-state index is 0.171. The Bertz CT molecular complexity index is 161. The van der Waals surface area contributed by atoms with Crippen LogP contribution in [0.4, 0.5) is 0 Å². The Morgan fingerprint density at radius 3 is 1.73 bits per heavy atom. The molecule has 0 aromatic heterocycles. The van der Waals surface area contributed by atoms with Crippen LogP contribution in [0.15, 0.2) is 0 Å². The quantitative estimate of drug-likeness (QED) is 0.554. The van der Waals surface area contributed by atoms with Gasteiger partial charge in [0.05, 0.1) is 0 Å². The lowest BCUT2D eigenvalue weighted by Crippen LogP contribution is -2.34. The molecular weight excluding hydrogens is 146 g/mol. The smallest absolute Gasteiger partial charge is 0.235 e. The van der Waals surface area contributed by atoms with Crippen LogP contribution < -0.4 is 0 Å². The number of hydrogen-bond acceptors (Lipinski definition) is 3. The van der Waals surface area contributed by atoms with Crippen molar-refractivity contribution < 1.29 is 14.4 Å². The summed E-state index contributed by atoms with van der Waals surface area (Å²) in [6.45, 7) is 3.20. The Morgan fingerprint density at radius 2 is 1.55 bits per heavy atom. The molecule has 11 heavy (non-hydrogen) atoms. The van der Waals surface area contributed by atoms with Gasteiger partial charge in [0.25, 0.3) is 0 Å². The highest BCUT2D eigenvalue weighted by Crippen LogP contribution is 1.93. The molecule has 0 N–H and O–H groups in total. The maximum Gasteiger partial charge on any atom is 0.235 e. The Kier molecular flexibility index (Phi) is 4.10. The van der Waals surface area contributed by atoms with E-state index in [1.54, 1.807) is 13.8 Å². The van der Waals surface area contributed by atoms with Crippen molar-refractivity contribution >= 4 is 18.2 Å². The van der Waals surface area contributed by atoms with Crippen LogP contribution in [0.5, 0.6) is 0 Å². The van der Waals surface area contributed by atoms with Crippen LogP contribution in [-0.4, -0.2) is 23.1 Å². The molecule has 0 unspecified atom stereocenters. The fourth-order valence-corrected chi connectivity index (χ4v) is 0.597. The van der Waals surface area contributed by atoms with E-state index in [4.69, 9.17) is 0 Å². The molecule has 4 heteroatoms. The fraction of sp³-hybridized carbons (Fsp3) is 0.571. The van der Waals surface area contributed by atoms with Crippen LogP contribution >= 0.6 is 0 Å². The summed E-state index contributed by atoms with van der Waals surface area (Å²) in [6.07, 6.45) is 0.604. The molecule has 3 amide bonds. The van der Waals surface area contributed by atoms with E-state index in [9.17, 15) is 14.4 Å². The Morgan fingerprint density at radius 1 is 1.18 bits per heavy atom. The second-order valence-electron chi connectivity index (χ2n) is 1.97. The molecule has 0 aromatic carbocycles. The molecule has 0 atom stereocenters. The SMILES string of the molecule is CCC(=O)N(C=O)C(=O)CC. The Labute approximate surface area is 65.2 Å². The molecular formula is C7H11NO3. The molecule has 62 valence electrons. The van der Waals surface area contributed by atoms with E-state index >= 15 is 0 Å². The molecule has 0 aromatic rings. The van der Waals surface area contributed by atoms with Crippen molar-refractivity contribution in [2.24, 2.45) is 0 Å². The number of carbonyl (C=O) groups is 3. The predicted molar refractivity (Wildman–Crippen MR) is 38.5 cm³/mol. The first-order valence-electron chi connectivity index (χ1n) is 3.47. The summed E-state index contributed by atoms with van der Waals surface area (Å²) >= 11 is 0. The second kappa shape index (κ2) is 4.60. The van der Waals surface area contributed by atoms with Gasteiger partial charge < -0.3 is 0 Å². The fourth-order valence-electron chi connectivity index (χ4n) is 0.597. The molecule has 0 bridgehead atoms. The monoisotopic (exact) mass is 157 g/mol. The van der Waals surface area contributed by atoms with Crippen molar-refractivity contribution in [2.75, 3.05) is 0 Å². The molecule has 0 aliphatic carbocycles. The average molecular weight is 157 g/mol. The van der Waals surface area contributed by atoms with E-state index in [2.05, 4.69) is 0 Å². The molecule has 0 fully saturated rings. The average Bonchev–Trinajstić information content (AvgIpc) is 2.05. The molecule has 4 nitrogen and oxygen atoms in total. The largest absolute Gasteiger partial charge is 0.278 e. The number of nitrogens with zero attached hydrogens (tertiary/aromatic N) is 1.